The van der Waals surface area contributed by atoms with Gasteiger partial charge in [-0.05, 0) is 117 Å². The van der Waals surface area contributed by atoms with E-state index in [1.807, 2.05) is 0 Å². The van der Waals surface area contributed by atoms with Gasteiger partial charge in [-0.25, -0.2) is 10.2 Å². The Bertz CT molecular complexity index is 1070. The Morgan fingerprint density at radius 3 is 2.29 bits per heavy atom. The number of rotatable bonds is 3. The van der Waals surface area contributed by atoms with E-state index in [4.69, 9.17) is 10.5 Å². The van der Waals surface area contributed by atoms with Crippen LogP contribution >= 0.6 is 0 Å². The Hall–Kier alpha value is -1.85. The minimum Gasteiger partial charge on any atom is -0.469 e. The summed E-state index contributed by atoms with van der Waals surface area (Å²) in [5, 5.41) is 4.49. The molecule has 3 N–H and O–H groups in total. The normalized spacial score (nSPS) is 48.2. The van der Waals surface area contributed by atoms with Gasteiger partial charge in [0.15, 0.2) is 0 Å². The number of allylic oxidation sites excluding steroid dienone is 1. The number of esters is 1. The van der Waals surface area contributed by atoms with Gasteiger partial charge < -0.3 is 10.5 Å². The number of methoxy groups -OCH3 is 1. The predicted molar refractivity (Wildman–Crippen MR) is 151 cm³/mol. The third kappa shape index (κ3) is 3.46. The van der Waals surface area contributed by atoms with E-state index in [0.29, 0.717) is 29.6 Å². The van der Waals surface area contributed by atoms with Crippen LogP contribution in [0.2, 0.25) is 0 Å². The van der Waals surface area contributed by atoms with Gasteiger partial charge in [-0.1, -0.05) is 46.8 Å². The van der Waals surface area contributed by atoms with Gasteiger partial charge in [0, 0.05) is 11.1 Å². The van der Waals surface area contributed by atoms with Crippen molar-refractivity contribution >= 4 is 17.7 Å². The maximum absolute atomic E-state index is 13.4. The number of carbonyl (C=O) groups is 2. The van der Waals surface area contributed by atoms with E-state index >= 15 is 0 Å². The van der Waals surface area contributed by atoms with Gasteiger partial charge in [0.2, 0.25) is 0 Å². The Balaban J connectivity index is 1.52. The molecular formula is C32H51N3O3. The summed E-state index contributed by atoms with van der Waals surface area (Å²) in [6.45, 7) is 19.0. The summed E-state index contributed by atoms with van der Waals surface area (Å²) in [7, 11) is 1.58. The molecule has 0 spiro atoms. The highest BCUT2D eigenvalue weighted by Gasteiger charge is 2.72. The highest BCUT2D eigenvalue weighted by molar-refractivity contribution is 5.91. The molecule has 0 aromatic carbocycles. The fourth-order valence-electron chi connectivity index (χ4n) is 11.8. The molecule has 0 aliphatic heterocycles. The van der Waals surface area contributed by atoms with Crippen molar-refractivity contribution in [2.24, 2.45) is 67.5 Å². The quantitative estimate of drug-likeness (QED) is 0.240. The lowest BCUT2D eigenvalue weighted by atomic mass is 9.32. The SMILES string of the molecule is C=C(C)[C@@H]1CC[C@]2(C(=O)OC)CC[C@]3(C)[C@H](CC[C@@H]4[C@@]5(C)CC/C(=N\NC(N)=O)C(C)(C)[C@@H]5CC[C@]43C)[C@@H]12. The van der Waals surface area contributed by atoms with E-state index in [1.165, 1.54) is 31.3 Å². The molecule has 38 heavy (non-hydrogen) atoms. The van der Waals surface area contributed by atoms with Crippen LogP contribution in [0.15, 0.2) is 17.3 Å². The van der Waals surface area contributed by atoms with Crippen LogP contribution in [0.5, 0.6) is 0 Å². The standard InChI is InChI=1S/C32H51N3O3/c1-19(2)20-11-16-32(26(36)38-8)18-17-30(6)21(25(20)32)9-10-23-29(5)14-13-24(34-35-27(33)37)28(3,4)22(29)12-15-31(23,30)7/h20-23,25H,1,9-18H2,2-8H3,(H3,33,35,37)/b34-24+/t20-,21+,22-,23+,25+,29-,30+,31+,32-/m0/s1. The molecule has 0 unspecified atom stereocenters. The zero-order valence-electron chi connectivity index (χ0n) is 24.9. The van der Waals surface area contributed by atoms with Crippen molar-refractivity contribution < 1.29 is 14.3 Å². The number of hydrogen-bond donors (Lipinski definition) is 2. The molecule has 0 heterocycles. The number of hydrazone groups is 1. The lowest BCUT2D eigenvalue weighted by Gasteiger charge is -2.72. The highest BCUT2D eigenvalue weighted by atomic mass is 16.5. The summed E-state index contributed by atoms with van der Waals surface area (Å²) in [4.78, 5) is 24.8. The Labute approximate surface area is 230 Å². The summed E-state index contributed by atoms with van der Waals surface area (Å²) in [5.74, 6) is 2.46. The van der Waals surface area contributed by atoms with Gasteiger partial charge in [0.05, 0.1) is 12.5 Å². The number of hydrogen-bond acceptors (Lipinski definition) is 4. The van der Waals surface area contributed by atoms with E-state index in [-0.39, 0.29) is 33.0 Å². The lowest BCUT2D eigenvalue weighted by molar-refractivity contribution is -0.230. The summed E-state index contributed by atoms with van der Waals surface area (Å²) < 4.78 is 5.51. The summed E-state index contributed by atoms with van der Waals surface area (Å²) >= 11 is 0. The number of nitrogens with zero attached hydrogens (tertiary/aromatic N) is 1. The minimum absolute atomic E-state index is 0.0293. The average molecular weight is 526 g/mol. The number of urea groups is 1. The van der Waals surface area contributed by atoms with Gasteiger partial charge >= 0.3 is 12.0 Å². The van der Waals surface area contributed by atoms with Crippen LogP contribution in [0.3, 0.4) is 0 Å². The molecule has 0 radical (unpaired) electrons. The van der Waals surface area contributed by atoms with Crippen LogP contribution < -0.4 is 11.2 Å². The van der Waals surface area contributed by atoms with Gasteiger partial charge in [-0.3, -0.25) is 4.79 Å². The van der Waals surface area contributed by atoms with Crippen LogP contribution in [0, 0.1) is 56.7 Å². The zero-order chi connectivity index (χ0) is 27.9. The third-order valence-electron chi connectivity index (χ3n) is 13.7. The molecule has 0 aromatic heterocycles. The van der Waals surface area contributed by atoms with Crippen molar-refractivity contribution in [3.05, 3.63) is 12.2 Å². The van der Waals surface area contributed by atoms with E-state index in [0.717, 1.165) is 44.2 Å². The molecule has 212 valence electrons. The second-order valence-corrected chi connectivity index (χ2v) is 15.1. The van der Waals surface area contributed by atoms with E-state index in [1.54, 1.807) is 7.11 Å². The van der Waals surface area contributed by atoms with Crippen LogP contribution in [-0.4, -0.2) is 24.8 Å². The van der Waals surface area contributed by atoms with Crippen molar-refractivity contribution in [1.29, 1.82) is 0 Å². The highest BCUT2D eigenvalue weighted by Crippen LogP contribution is 2.77. The third-order valence-corrected chi connectivity index (χ3v) is 13.7. The topological polar surface area (TPSA) is 93.8 Å². The lowest BCUT2D eigenvalue weighted by Crippen LogP contribution is -2.66. The maximum atomic E-state index is 13.4. The van der Waals surface area contributed by atoms with Crippen molar-refractivity contribution in [2.75, 3.05) is 7.11 Å². The van der Waals surface area contributed by atoms with E-state index in [9.17, 15) is 9.59 Å². The van der Waals surface area contributed by atoms with Crippen molar-refractivity contribution in [2.45, 2.75) is 106 Å². The Kier molecular flexibility index (Phi) is 6.44. The molecule has 6 heteroatoms. The minimum atomic E-state index is -0.593. The first-order valence-electron chi connectivity index (χ1n) is 15.1. The first-order valence-corrected chi connectivity index (χ1v) is 15.1. The molecule has 0 bridgehead atoms. The monoisotopic (exact) mass is 525 g/mol. The van der Waals surface area contributed by atoms with Crippen molar-refractivity contribution in [3.8, 4) is 0 Å². The number of fused-ring (bicyclic) bond motifs is 7. The number of primary amides is 1. The molecular weight excluding hydrogens is 474 g/mol. The second kappa shape index (κ2) is 8.83. The van der Waals surface area contributed by atoms with Crippen LogP contribution in [-0.2, 0) is 9.53 Å². The molecule has 5 fully saturated rings. The molecule has 0 aromatic rings. The maximum Gasteiger partial charge on any atom is 0.332 e. The summed E-state index contributed by atoms with van der Waals surface area (Å²) in [6, 6.07) is -0.593. The molecule has 9 atom stereocenters. The van der Waals surface area contributed by atoms with Crippen molar-refractivity contribution in [3.63, 3.8) is 0 Å². The van der Waals surface area contributed by atoms with Crippen LogP contribution in [0.25, 0.3) is 0 Å². The van der Waals surface area contributed by atoms with E-state index < -0.39 is 6.03 Å². The number of carbonyl (C=O) groups excluding carboxylic acids is 2. The fourth-order valence-corrected chi connectivity index (χ4v) is 11.8. The number of amides is 2. The van der Waals surface area contributed by atoms with Gasteiger partial charge in [0.25, 0.3) is 0 Å². The Morgan fingerprint density at radius 1 is 0.947 bits per heavy atom. The summed E-state index contributed by atoms with van der Waals surface area (Å²) in [5.41, 5.74) is 10.4. The molecule has 5 rings (SSSR count). The predicted octanol–water partition coefficient (Wildman–Crippen LogP) is 6.84. The zero-order valence-corrected chi connectivity index (χ0v) is 24.9. The van der Waals surface area contributed by atoms with E-state index in [2.05, 4.69) is 58.6 Å². The molecule has 6 nitrogen and oxygen atoms in total. The number of nitrogens with one attached hydrogen (secondary N) is 1. The number of nitrogens with two attached hydrogens (primary N) is 1. The molecule has 5 aliphatic rings. The smallest absolute Gasteiger partial charge is 0.332 e. The fraction of sp³-hybridized carbons (Fsp3) is 0.844. The number of ether oxygens (including phenoxy) is 1. The molecule has 5 aliphatic carbocycles. The molecule has 0 saturated heterocycles. The molecule has 2 amide bonds. The van der Waals surface area contributed by atoms with Gasteiger partial charge in [-0.2, -0.15) is 5.10 Å². The largest absolute Gasteiger partial charge is 0.469 e. The van der Waals surface area contributed by atoms with Crippen LogP contribution in [0.1, 0.15) is 106 Å². The van der Waals surface area contributed by atoms with Crippen LogP contribution in [0.4, 0.5) is 4.79 Å². The average Bonchev–Trinajstić information content (AvgIpc) is 3.24. The first kappa shape index (κ1) is 27.7. The van der Waals surface area contributed by atoms with Gasteiger partial charge in [0.1, 0.15) is 0 Å². The summed E-state index contributed by atoms with van der Waals surface area (Å²) in [6.07, 6.45) is 10.9. The van der Waals surface area contributed by atoms with Gasteiger partial charge in [-0.15, -0.1) is 0 Å². The van der Waals surface area contributed by atoms with Crippen molar-refractivity contribution in [1.82, 2.24) is 5.43 Å². The first-order chi connectivity index (χ1) is 17.7. The molecule has 5 saturated carbocycles. The Morgan fingerprint density at radius 2 is 1.66 bits per heavy atom. The second-order valence-electron chi connectivity index (χ2n) is 15.1.